The molecule has 3 rings (SSSR count). The standard InChI is InChI=1S/C16H16N4O2S/c17-7-2-3-11(9-18)10-20-14(21)16(19-15(20)22)6-1-4-13-12(16)5-8-23-13/h5,8,11H,1-4,6,10H2,(H,19,22)/t11-,16+/m0/s1. The normalized spacial score (nSPS) is 24.0. The van der Waals surface area contributed by atoms with Crippen molar-refractivity contribution in [2.75, 3.05) is 6.54 Å². The van der Waals surface area contributed by atoms with E-state index in [2.05, 4.69) is 11.4 Å². The number of thiophene rings is 1. The number of carbonyl (C=O) groups excluding carboxylic acids is 2. The molecule has 6 nitrogen and oxygen atoms in total. The van der Waals surface area contributed by atoms with Crippen LogP contribution in [0.1, 0.15) is 36.1 Å². The maximum absolute atomic E-state index is 13.0. The Kier molecular flexibility index (Phi) is 4.06. The van der Waals surface area contributed by atoms with E-state index in [-0.39, 0.29) is 18.9 Å². The first-order valence-corrected chi connectivity index (χ1v) is 8.48. The Morgan fingerprint density at radius 3 is 3.00 bits per heavy atom. The minimum Gasteiger partial charge on any atom is -0.319 e. The fourth-order valence-electron chi connectivity index (χ4n) is 3.36. The average molecular weight is 328 g/mol. The van der Waals surface area contributed by atoms with Gasteiger partial charge in [0.15, 0.2) is 0 Å². The first kappa shape index (κ1) is 15.5. The van der Waals surface area contributed by atoms with Crippen molar-refractivity contribution in [3.8, 4) is 12.1 Å². The van der Waals surface area contributed by atoms with Gasteiger partial charge in [0, 0.05) is 23.4 Å². The molecule has 2 atom stereocenters. The Hall–Kier alpha value is -2.38. The molecule has 3 amide bonds. The predicted molar refractivity (Wildman–Crippen MR) is 83.1 cm³/mol. The number of hydrogen-bond donors (Lipinski definition) is 1. The second-order valence-electron chi connectivity index (χ2n) is 5.89. The number of nitrogens with one attached hydrogen (secondary N) is 1. The second-order valence-corrected chi connectivity index (χ2v) is 6.89. The quantitative estimate of drug-likeness (QED) is 0.857. The summed E-state index contributed by atoms with van der Waals surface area (Å²) in [5, 5.41) is 22.6. The summed E-state index contributed by atoms with van der Waals surface area (Å²) in [5.74, 6) is -0.774. The monoisotopic (exact) mass is 328 g/mol. The molecule has 0 radical (unpaired) electrons. The zero-order chi connectivity index (χ0) is 16.4. The van der Waals surface area contributed by atoms with E-state index in [1.54, 1.807) is 11.3 Å². The molecule has 118 valence electrons. The van der Waals surface area contributed by atoms with E-state index < -0.39 is 17.5 Å². The largest absolute Gasteiger partial charge is 0.325 e. The van der Waals surface area contributed by atoms with Crippen LogP contribution in [0.5, 0.6) is 0 Å². The van der Waals surface area contributed by atoms with Crippen molar-refractivity contribution in [1.29, 1.82) is 10.5 Å². The van der Waals surface area contributed by atoms with Crippen molar-refractivity contribution >= 4 is 23.3 Å². The highest BCUT2D eigenvalue weighted by Crippen LogP contribution is 2.42. The van der Waals surface area contributed by atoms with Crippen LogP contribution in [0.3, 0.4) is 0 Å². The Balaban J connectivity index is 1.85. The smallest absolute Gasteiger partial charge is 0.319 e. The summed E-state index contributed by atoms with van der Waals surface area (Å²) in [7, 11) is 0. The first-order chi connectivity index (χ1) is 11.1. The second kappa shape index (κ2) is 6.02. The van der Waals surface area contributed by atoms with Crippen LogP contribution in [-0.4, -0.2) is 23.4 Å². The molecule has 1 aromatic rings. The number of hydrogen-bond acceptors (Lipinski definition) is 5. The molecule has 1 aliphatic carbocycles. The number of carbonyl (C=O) groups is 2. The van der Waals surface area contributed by atoms with Crippen LogP contribution >= 0.6 is 11.3 Å². The molecule has 1 saturated heterocycles. The number of amides is 3. The molecule has 1 aliphatic heterocycles. The maximum Gasteiger partial charge on any atom is 0.325 e. The van der Waals surface area contributed by atoms with Gasteiger partial charge in [0.25, 0.3) is 5.91 Å². The zero-order valence-electron chi connectivity index (χ0n) is 12.5. The van der Waals surface area contributed by atoms with Crippen molar-refractivity contribution in [3.05, 3.63) is 21.9 Å². The van der Waals surface area contributed by atoms with E-state index in [9.17, 15) is 14.9 Å². The van der Waals surface area contributed by atoms with Crippen LogP contribution in [-0.2, 0) is 16.8 Å². The van der Waals surface area contributed by atoms with Gasteiger partial charge in [-0.25, -0.2) is 4.79 Å². The number of nitriles is 2. The van der Waals surface area contributed by atoms with Gasteiger partial charge in [0.1, 0.15) is 5.54 Å². The first-order valence-electron chi connectivity index (χ1n) is 7.60. The predicted octanol–water partition coefficient (Wildman–Crippen LogP) is 2.28. The van der Waals surface area contributed by atoms with Crippen LogP contribution in [0.15, 0.2) is 11.4 Å². The third-order valence-corrected chi connectivity index (χ3v) is 5.51. The number of nitrogens with zero attached hydrogens (tertiary/aromatic N) is 3. The van der Waals surface area contributed by atoms with Gasteiger partial charge < -0.3 is 5.32 Å². The highest BCUT2D eigenvalue weighted by molar-refractivity contribution is 7.10. The molecule has 1 fully saturated rings. The van der Waals surface area contributed by atoms with E-state index in [0.29, 0.717) is 12.8 Å². The zero-order valence-corrected chi connectivity index (χ0v) is 13.4. The molecule has 0 aromatic carbocycles. The minimum absolute atomic E-state index is 0.0457. The lowest BCUT2D eigenvalue weighted by Gasteiger charge is -2.31. The fourth-order valence-corrected chi connectivity index (χ4v) is 4.36. The van der Waals surface area contributed by atoms with Crippen molar-refractivity contribution in [3.63, 3.8) is 0 Å². The number of fused-ring (bicyclic) bond motifs is 2. The lowest BCUT2D eigenvalue weighted by Crippen LogP contribution is -2.46. The maximum atomic E-state index is 13.0. The van der Waals surface area contributed by atoms with Gasteiger partial charge in [-0.2, -0.15) is 10.5 Å². The highest BCUT2D eigenvalue weighted by atomic mass is 32.1. The third-order valence-electron chi connectivity index (χ3n) is 4.53. The fraction of sp³-hybridized carbons (Fsp3) is 0.500. The van der Waals surface area contributed by atoms with Gasteiger partial charge in [-0.05, 0) is 37.1 Å². The van der Waals surface area contributed by atoms with Crippen molar-refractivity contribution < 1.29 is 9.59 Å². The SMILES string of the molecule is N#CCC[C@@H](C#N)CN1C(=O)N[C@@]2(CCCc3sccc32)C1=O. The Bertz CT molecular complexity index is 729. The molecule has 23 heavy (non-hydrogen) atoms. The van der Waals surface area contributed by atoms with Crippen LogP contribution < -0.4 is 5.32 Å². The minimum atomic E-state index is -0.958. The van der Waals surface area contributed by atoms with Gasteiger partial charge in [0.2, 0.25) is 0 Å². The number of rotatable bonds is 4. The van der Waals surface area contributed by atoms with Crippen LogP contribution in [0, 0.1) is 28.6 Å². The molecule has 0 saturated carbocycles. The van der Waals surface area contributed by atoms with Crippen LogP contribution in [0.2, 0.25) is 0 Å². The summed E-state index contributed by atoms with van der Waals surface area (Å²) < 4.78 is 0. The van der Waals surface area contributed by atoms with E-state index in [1.807, 2.05) is 17.5 Å². The lowest BCUT2D eigenvalue weighted by molar-refractivity contribution is -0.132. The summed E-state index contributed by atoms with van der Waals surface area (Å²) in [6.07, 6.45) is 2.97. The molecule has 1 spiro atoms. The van der Waals surface area contributed by atoms with Gasteiger partial charge in [-0.3, -0.25) is 9.69 Å². The van der Waals surface area contributed by atoms with Gasteiger partial charge in [-0.15, -0.1) is 11.3 Å². The number of urea groups is 1. The summed E-state index contributed by atoms with van der Waals surface area (Å²) >= 11 is 1.61. The molecule has 2 heterocycles. The number of aryl methyl sites for hydroxylation is 1. The summed E-state index contributed by atoms with van der Waals surface area (Å²) in [6, 6.07) is 5.56. The topological polar surface area (TPSA) is 97.0 Å². The molecule has 0 unspecified atom stereocenters. The van der Waals surface area contributed by atoms with Crippen LogP contribution in [0.25, 0.3) is 0 Å². The molecule has 1 N–H and O–H groups in total. The Labute approximate surface area is 138 Å². The Morgan fingerprint density at radius 1 is 1.43 bits per heavy atom. The van der Waals surface area contributed by atoms with Gasteiger partial charge >= 0.3 is 6.03 Å². The lowest BCUT2D eigenvalue weighted by atomic mass is 9.80. The van der Waals surface area contributed by atoms with E-state index in [0.717, 1.165) is 28.2 Å². The van der Waals surface area contributed by atoms with E-state index in [1.165, 1.54) is 0 Å². The van der Waals surface area contributed by atoms with Gasteiger partial charge in [-0.1, -0.05) is 0 Å². The molecular formula is C16H16N4O2S. The van der Waals surface area contributed by atoms with Gasteiger partial charge in [0.05, 0.1) is 18.1 Å². The molecule has 0 bridgehead atoms. The summed E-state index contributed by atoms with van der Waals surface area (Å²) in [6.45, 7) is 0.0457. The summed E-state index contributed by atoms with van der Waals surface area (Å²) in [4.78, 5) is 27.6. The molecule has 2 aliphatic rings. The average Bonchev–Trinajstić information content (AvgIpc) is 3.11. The van der Waals surface area contributed by atoms with Crippen molar-refractivity contribution in [1.82, 2.24) is 10.2 Å². The number of imide groups is 1. The molecular weight excluding hydrogens is 312 g/mol. The van der Waals surface area contributed by atoms with E-state index in [4.69, 9.17) is 5.26 Å². The summed E-state index contributed by atoms with van der Waals surface area (Å²) in [5.41, 5.74) is -0.0555. The van der Waals surface area contributed by atoms with E-state index >= 15 is 0 Å². The third kappa shape index (κ3) is 2.47. The van der Waals surface area contributed by atoms with Crippen molar-refractivity contribution in [2.24, 2.45) is 5.92 Å². The highest BCUT2D eigenvalue weighted by Gasteiger charge is 2.54. The molecule has 7 heteroatoms. The Morgan fingerprint density at radius 2 is 2.26 bits per heavy atom. The van der Waals surface area contributed by atoms with Crippen LogP contribution in [0.4, 0.5) is 4.79 Å². The molecule has 1 aromatic heterocycles. The van der Waals surface area contributed by atoms with Crippen molar-refractivity contribution in [2.45, 2.75) is 37.6 Å².